The standard InChI is InChI=1S/C18H22BrO3P/c1-4-14-10-16(15-8-6-7-13(9-15)12-19)11-18(17(14)5-2)22-23(3,20)21/h6-11H,4-5,12H2,1-3H3,(H,20,21). The summed E-state index contributed by atoms with van der Waals surface area (Å²) in [6, 6.07) is 12.3. The van der Waals surface area contributed by atoms with Crippen LogP contribution in [0.3, 0.4) is 0 Å². The summed E-state index contributed by atoms with van der Waals surface area (Å²) in [5.41, 5.74) is 5.42. The average Bonchev–Trinajstić information content (AvgIpc) is 2.52. The number of alkyl halides is 1. The molecule has 5 heteroatoms. The van der Waals surface area contributed by atoms with E-state index in [2.05, 4.69) is 41.1 Å². The van der Waals surface area contributed by atoms with Gasteiger partial charge in [-0.2, -0.15) is 0 Å². The van der Waals surface area contributed by atoms with Gasteiger partial charge >= 0.3 is 7.60 Å². The zero-order valence-electron chi connectivity index (χ0n) is 13.7. The molecule has 23 heavy (non-hydrogen) atoms. The van der Waals surface area contributed by atoms with Gasteiger partial charge in [0.1, 0.15) is 5.75 Å². The molecule has 0 amide bonds. The molecule has 0 aromatic heterocycles. The van der Waals surface area contributed by atoms with Gasteiger partial charge in [-0.1, -0.05) is 60.1 Å². The quantitative estimate of drug-likeness (QED) is 0.512. The smallest absolute Gasteiger partial charge is 0.373 e. The summed E-state index contributed by atoms with van der Waals surface area (Å²) >= 11 is 3.47. The van der Waals surface area contributed by atoms with Crippen molar-refractivity contribution >= 4 is 23.5 Å². The third kappa shape index (κ3) is 4.69. The summed E-state index contributed by atoms with van der Waals surface area (Å²) in [4.78, 5) is 9.63. The molecule has 1 N–H and O–H groups in total. The van der Waals surface area contributed by atoms with Gasteiger partial charge in [0.25, 0.3) is 0 Å². The Morgan fingerprint density at radius 3 is 2.43 bits per heavy atom. The SMILES string of the molecule is CCc1cc(-c2cccc(CBr)c2)cc(OP(C)(=O)O)c1CC. The maximum absolute atomic E-state index is 11.7. The number of benzene rings is 2. The van der Waals surface area contributed by atoms with Crippen molar-refractivity contribution in [3.8, 4) is 16.9 Å². The molecular formula is C18H22BrO3P. The number of hydrogen-bond acceptors (Lipinski definition) is 2. The minimum Gasteiger partial charge on any atom is -0.424 e. The van der Waals surface area contributed by atoms with E-state index >= 15 is 0 Å². The van der Waals surface area contributed by atoms with E-state index in [9.17, 15) is 9.46 Å². The summed E-state index contributed by atoms with van der Waals surface area (Å²) in [7, 11) is -3.59. The van der Waals surface area contributed by atoms with Crippen LogP contribution in [-0.4, -0.2) is 11.6 Å². The molecule has 0 fully saturated rings. The van der Waals surface area contributed by atoms with Crippen molar-refractivity contribution in [3.05, 3.63) is 53.1 Å². The fourth-order valence-corrected chi connectivity index (χ4v) is 3.56. The predicted octanol–water partition coefficient (Wildman–Crippen LogP) is 5.57. The second-order valence-corrected chi connectivity index (χ2v) is 7.90. The molecule has 0 radical (unpaired) electrons. The predicted molar refractivity (Wildman–Crippen MR) is 99.6 cm³/mol. The van der Waals surface area contributed by atoms with E-state index in [1.165, 1.54) is 12.2 Å². The van der Waals surface area contributed by atoms with E-state index in [0.717, 1.165) is 40.4 Å². The highest BCUT2D eigenvalue weighted by Crippen LogP contribution is 2.42. The molecule has 0 aliphatic carbocycles. The lowest BCUT2D eigenvalue weighted by Gasteiger charge is -2.18. The highest BCUT2D eigenvalue weighted by Gasteiger charge is 2.18. The Kier molecular flexibility index (Phi) is 6.07. The summed E-state index contributed by atoms with van der Waals surface area (Å²) in [5.74, 6) is 0.513. The molecule has 0 bridgehead atoms. The van der Waals surface area contributed by atoms with Crippen molar-refractivity contribution < 1.29 is 14.0 Å². The Hall–Kier alpha value is -1.09. The van der Waals surface area contributed by atoms with Crippen LogP contribution in [0.15, 0.2) is 36.4 Å². The molecule has 2 aromatic carbocycles. The number of halogens is 1. The lowest BCUT2D eigenvalue weighted by atomic mass is 9.95. The molecule has 124 valence electrons. The van der Waals surface area contributed by atoms with E-state index in [1.807, 2.05) is 25.1 Å². The lowest BCUT2D eigenvalue weighted by Crippen LogP contribution is -1.99. The van der Waals surface area contributed by atoms with Gasteiger partial charge in [-0.25, -0.2) is 4.57 Å². The average molecular weight is 397 g/mol. The minimum absolute atomic E-state index is 0.513. The normalized spacial score (nSPS) is 13.6. The number of aryl methyl sites for hydroxylation is 1. The first-order valence-electron chi connectivity index (χ1n) is 7.68. The number of hydrogen-bond donors (Lipinski definition) is 1. The maximum Gasteiger partial charge on any atom is 0.373 e. The Labute approximate surface area is 146 Å². The molecule has 0 heterocycles. The van der Waals surface area contributed by atoms with Crippen LogP contribution in [0.4, 0.5) is 0 Å². The minimum atomic E-state index is -3.59. The van der Waals surface area contributed by atoms with Gasteiger partial charge < -0.3 is 9.42 Å². The van der Waals surface area contributed by atoms with Gasteiger partial charge in [0, 0.05) is 12.0 Å². The first-order valence-corrected chi connectivity index (χ1v) is 10.8. The largest absolute Gasteiger partial charge is 0.424 e. The second-order valence-electron chi connectivity index (χ2n) is 5.55. The summed E-state index contributed by atoms with van der Waals surface area (Å²) in [6.45, 7) is 5.34. The zero-order valence-corrected chi connectivity index (χ0v) is 16.2. The second kappa shape index (κ2) is 7.65. The van der Waals surface area contributed by atoms with Gasteiger partial charge in [-0.3, -0.25) is 0 Å². The fraction of sp³-hybridized carbons (Fsp3) is 0.333. The van der Waals surface area contributed by atoms with E-state index in [1.54, 1.807) is 0 Å². The van der Waals surface area contributed by atoms with Crippen molar-refractivity contribution in [1.29, 1.82) is 0 Å². The van der Waals surface area contributed by atoms with Crippen molar-refractivity contribution in [3.63, 3.8) is 0 Å². The monoisotopic (exact) mass is 396 g/mol. The van der Waals surface area contributed by atoms with Crippen LogP contribution < -0.4 is 4.52 Å². The van der Waals surface area contributed by atoms with E-state index in [0.29, 0.717) is 5.75 Å². The Bertz CT molecular complexity index is 737. The highest BCUT2D eigenvalue weighted by molar-refractivity contribution is 9.08. The molecule has 1 atom stereocenters. The van der Waals surface area contributed by atoms with Gasteiger partial charge in [0.05, 0.1) is 0 Å². The third-order valence-corrected chi connectivity index (χ3v) is 4.90. The van der Waals surface area contributed by atoms with Crippen LogP contribution in [0.1, 0.15) is 30.5 Å². The maximum atomic E-state index is 11.7. The molecular weight excluding hydrogens is 375 g/mol. The Balaban J connectivity index is 2.60. The molecule has 0 spiro atoms. The molecule has 2 rings (SSSR count). The van der Waals surface area contributed by atoms with Crippen molar-refractivity contribution in [1.82, 2.24) is 0 Å². The van der Waals surface area contributed by atoms with Crippen molar-refractivity contribution in [2.24, 2.45) is 0 Å². The van der Waals surface area contributed by atoms with Crippen LogP contribution in [-0.2, 0) is 22.7 Å². The van der Waals surface area contributed by atoms with Crippen LogP contribution in [0.25, 0.3) is 11.1 Å². The molecule has 0 aliphatic heterocycles. The van der Waals surface area contributed by atoms with Crippen LogP contribution in [0.2, 0.25) is 0 Å². The molecule has 0 saturated carbocycles. The third-order valence-electron chi connectivity index (χ3n) is 3.72. The molecule has 1 unspecified atom stereocenters. The van der Waals surface area contributed by atoms with E-state index < -0.39 is 7.60 Å². The molecule has 0 saturated heterocycles. The molecule has 2 aromatic rings. The highest BCUT2D eigenvalue weighted by atomic mass is 79.9. The van der Waals surface area contributed by atoms with Crippen LogP contribution >= 0.6 is 23.5 Å². The van der Waals surface area contributed by atoms with E-state index in [4.69, 9.17) is 4.52 Å². The molecule has 3 nitrogen and oxygen atoms in total. The first-order chi connectivity index (χ1) is 10.9. The van der Waals surface area contributed by atoms with Crippen LogP contribution in [0, 0.1) is 0 Å². The van der Waals surface area contributed by atoms with E-state index in [-0.39, 0.29) is 0 Å². The Morgan fingerprint density at radius 1 is 1.13 bits per heavy atom. The van der Waals surface area contributed by atoms with Gasteiger partial charge in [0.15, 0.2) is 0 Å². The van der Waals surface area contributed by atoms with Gasteiger partial charge in [0.2, 0.25) is 0 Å². The summed E-state index contributed by atoms with van der Waals surface area (Å²) in [5, 5.41) is 0.790. The van der Waals surface area contributed by atoms with Gasteiger partial charge in [-0.05, 0) is 46.7 Å². The van der Waals surface area contributed by atoms with Crippen molar-refractivity contribution in [2.75, 3.05) is 6.66 Å². The topological polar surface area (TPSA) is 46.5 Å². The molecule has 0 aliphatic rings. The van der Waals surface area contributed by atoms with Crippen molar-refractivity contribution in [2.45, 2.75) is 32.0 Å². The first kappa shape index (κ1) is 18.3. The van der Waals surface area contributed by atoms with Gasteiger partial charge in [-0.15, -0.1) is 0 Å². The summed E-state index contributed by atoms with van der Waals surface area (Å²) in [6.07, 6.45) is 1.62. The number of rotatable bonds is 6. The Morgan fingerprint density at radius 2 is 1.87 bits per heavy atom. The lowest BCUT2D eigenvalue weighted by molar-refractivity contribution is 0.386. The summed E-state index contributed by atoms with van der Waals surface area (Å²) < 4.78 is 17.1. The van der Waals surface area contributed by atoms with Crippen LogP contribution in [0.5, 0.6) is 5.75 Å². The fourth-order valence-electron chi connectivity index (χ4n) is 2.68. The zero-order chi connectivity index (χ0) is 17.0.